The third-order valence-electron chi connectivity index (χ3n) is 3.85. The fourth-order valence-electron chi connectivity index (χ4n) is 2.67. The number of carbonyl (C=O) groups excluding carboxylic acids is 2. The van der Waals surface area contributed by atoms with E-state index >= 15 is 0 Å². The SMILES string of the molecule is O=C(Cc1cncc(Br)c1)N1CCCN1C(=O)OCc1ccccc1. The smallest absolute Gasteiger partial charge is 0.429 e. The van der Waals surface area contributed by atoms with Crippen molar-refractivity contribution in [2.24, 2.45) is 0 Å². The Bertz CT molecular complexity index is 754. The number of amides is 2. The molecule has 0 spiro atoms. The highest BCUT2D eigenvalue weighted by Gasteiger charge is 2.31. The molecule has 0 atom stereocenters. The Balaban J connectivity index is 1.59. The minimum Gasteiger partial charge on any atom is -0.443 e. The second kappa shape index (κ2) is 8.11. The van der Waals surface area contributed by atoms with Crippen LogP contribution in [0.15, 0.2) is 53.3 Å². The van der Waals surface area contributed by atoms with Crippen molar-refractivity contribution in [2.45, 2.75) is 19.4 Å². The van der Waals surface area contributed by atoms with Crippen LogP contribution in [-0.4, -0.2) is 40.1 Å². The van der Waals surface area contributed by atoms with E-state index in [9.17, 15) is 9.59 Å². The summed E-state index contributed by atoms with van der Waals surface area (Å²) in [5.74, 6) is -0.144. The third-order valence-corrected chi connectivity index (χ3v) is 4.29. The zero-order valence-corrected chi connectivity index (χ0v) is 15.2. The van der Waals surface area contributed by atoms with Gasteiger partial charge in [0, 0.05) is 30.0 Å². The lowest BCUT2D eigenvalue weighted by Crippen LogP contribution is -2.45. The number of nitrogens with zero attached hydrogens (tertiary/aromatic N) is 3. The first-order valence-electron chi connectivity index (χ1n) is 8.01. The molecule has 2 heterocycles. The quantitative estimate of drug-likeness (QED) is 0.786. The van der Waals surface area contributed by atoms with Gasteiger partial charge in [0.25, 0.3) is 0 Å². The molecule has 25 heavy (non-hydrogen) atoms. The lowest BCUT2D eigenvalue weighted by Gasteiger charge is -2.27. The molecule has 1 aromatic heterocycles. The summed E-state index contributed by atoms with van der Waals surface area (Å²) in [6, 6.07) is 11.3. The van der Waals surface area contributed by atoms with Crippen LogP contribution >= 0.6 is 15.9 Å². The highest BCUT2D eigenvalue weighted by atomic mass is 79.9. The number of rotatable bonds is 4. The number of hydrogen-bond donors (Lipinski definition) is 0. The van der Waals surface area contributed by atoms with Crippen molar-refractivity contribution >= 4 is 27.9 Å². The predicted molar refractivity (Wildman–Crippen MR) is 95.3 cm³/mol. The zero-order chi connectivity index (χ0) is 17.6. The number of aromatic nitrogens is 1. The fraction of sp³-hybridized carbons (Fsp3) is 0.278. The van der Waals surface area contributed by atoms with Crippen LogP contribution in [0.4, 0.5) is 4.79 Å². The Morgan fingerprint density at radius 1 is 1.08 bits per heavy atom. The largest absolute Gasteiger partial charge is 0.443 e. The van der Waals surface area contributed by atoms with Crippen LogP contribution in [-0.2, 0) is 22.6 Å². The van der Waals surface area contributed by atoms with Crippen LogP contribution < -0.4 is 0 Å². The van der Waals surface area contributed by atoms with Crippen LogP contribution in [0.5, 0.6) is 0 Å². The molecule has 1 aromatic carbocycles. The van der Waals surface area contributed by atoms with Crippen molar-refractivity contribution in [1.82, 2.24) is 15.0 Å². The molecule has 0 unspecified atom stereocenters. The second-order valence-electron chi connectivity index (χ2n) is 5.72. The Hall–Kier alpha value is -2.41. The number of carbonyl (C=O) groups is 2. The standard InChI is InChI=1S/C18H18BrN3O3/c19-16-9-15(11-20-12-16)10-17(23)21-7-4-8-22(21)18(24)25-13-14-5-2-1-3-6-14/h1-3,5-6,9,11-12H,4,7-8,10,13H2. The Morgan fingerprint density at radius 2 is 1.84 bits per heavy atom. The van der Waals surface area contributed by atoms with Crippen LogP contribution in [0.3, 0.4) is 0 Å². The Morgan fingerprint density at radius 3 is 2.60 bits per heavy atom. The number of benzene rings is 1. The van der Waals surface area contributed by atoms with Crippen LogP contribution in [0.25, 0.3) is 0 Å². The molecule has 0 N–H and O–H groups in total. The van der Waals surface area contributed by atoms with E-state index in [0.717, 1.165) is 22.0 Å². The number of pyridine rings is 1. The molecule has 1 fully saturated rings. The molecule has 0 bridgehead atoms. The maximum Gasteiger partial charge on any atom is 0.429 e. The van der Waals surface area contributed by atoms with Gasteiger partial charge < -0.3 is 4.74 Å². The van der Waals surface area contributed by atoms with Gasteiger partial charge in [-0.25, -0.2) is 14.8 Å². The maximum absolute atomic E-state index is 12.5. The molecule has 2 aromatic rings. The summed E-state index contributed by atoms with van der Waals surface area (Å²) in [6.45, 7) is 1.19. The molecule has 2 amide bonds. The highest BCUT2D eigenvalue weighted by Crippen LogP contribution is 2.16. The van der Waals surface area contributed by atoms with E-state index in [1.165, 1.54) is 10.0 Å². The van der Waals surface area contributed by atoms with Crippen LogP contribution in [0, 0.1) is 0 Å². The van der Waals surface area contributed by atoms with Gasteiger partial charge in [0.1, 0.15) is 6.61 Å². The molecule has 7 heteroatoms. The minimum atomic E-state index is -0.498. The minimum absolute atomic E-state index is 0.144. The van der Waals surface area contributed by atoms with Crippen molar-refractivity contribution in [1.29, 1.82) is 0 Å². The van der Waals surface area contributed by atoms with E-state index in [4.69, 9.17) is 4.74 Å². The van der Waals surface area contributed by atoms with Gasteiger partial charge in [0.05, 0.1) is 6.42 Å². The number of hydrogen-bond acceptors (Lipinski definition) is 4. The maximum atomic E-state index is 12.5. The summed E-state index contributed by atoms with van der Waals surface area (Å²) in [7, 11) is 0. The first-order chi connectivity index (χ1) is 12.1. The summed E-state index contributed by atoms with van der Waals surface area (Å²) in [5.41, 5.74) is 1.71. The molecular formula is C18H18BrN3O3. The second-order valence-corrected chi connectivity index (χ2v) is 6.64. The van der Waals surface area contributed by atoms with Gasteiger partial charge in [-0.1, -0.05) is 30.3 Å². The van der Waals surface area contributed by atoms with Gasteiger partial charge in [-0.05, 0) is 39.5 Å². The number of ether oxygens (including phenoxy) is 1. The van der Waals surface area contributed by atoms with Crippen molar-refractivity contribution in [2.75, 3.05) is 13.1 Å². The van der Waals surface area contributed by atoms with Gasteiger partial charge in [0.15, 0.2) is 0 Å². The van der Waals surface area contributed by atoms with E-state index < -0.39 is 6.09 Å². The third kappa shape index (κ3) is 4.57. The Labute approximate surface area is 154 Å². The van der Waals surface area contributed by atoms with Gasteiger partial charge >= 0.3 is 6.09 Å². The zero-order valence-electron chi connectivity index (χ0n) is 13.6. The summed E-state index contributed by atoms with van der Waals surface area (Å²) in [6.07, 6.45) is 3.74. The molecule has 6 nitrogen and oxygen atoms in total. The molecule has 0 saturated carbocycles. The summed E-state index contributed by atoms with van der Waals surface area (Å²) < 4.78 is 6.15. The van der Waals surface area contributed by atoms with E-state index in [1.54, 1.807) is 12.4 Å². The molecule has 0 aliphatic carbocycles. The highest BCUT2D eigenvalue weighted by molar-refractivity contribution is 9.10. The van der Waals surface area contributed by atoms with Crippen molar-refractivity contribution in [3.63, 3.8) is 0 Å². The lowest BCUT2D eigenvalue weighted by atomic mass is 10.2. The van der Waals surface area contributed by atoms with Gasteiger partial charge in [0.2, 0.25) is 5.91 Å². The first kappa shape index (κ1) is 17.4. The average Bonchev–Trinajstić information content (AvgIpc) is 3.10. The number of hydrazine groups is 1. The Kier molecular flexibility index (Phi) is 5.65. The van der Waals surface area contributed by atoms with Gasteiger partial charge in [-0.2, -0.15) is 0 Å². The van der Waals surface area contributed by atoms with E-state index in [2.05, 4.69) is 20.9 Å². The van der Waals surface area contributed by atoms with Gasteiger partial charge in [-0.3, -0.25) is 9.78 Å². The predicted octanol–water partition coefficient (Wildman–Crippen LogP) is 3.17. The monoisotopic (exact) mass is 403 g/mol. The van der Waals surface area contributed by atoms with E-state index in [1.807, 2.05) is 36.4 Å². The fourth-order valence-corrected chi connectivity index (χ4v) is 3.09. The van der Waals surface area contributed by atoms with Crippen molar-refractivity contribution in [3.05, 3.63) is 64.4 Å². The molecule has 0 radical (unpaired) electrons. The van der Waals surface area contributed by atoms with E-state index in [0.29, 0.717) is 13.1 Å². The topological polar surface area (TPSA) is 62.7 Å². The molecule has 130 valence electrons. The van der Waals surface area contributed by atoms with Crippen LogP contribution in [0.1, 0.15) is 17.5 Å². The number of halogens is 1. The summed E-state index contributed by atoms with van der Waals surface area (Å²) in [5, 5.41) is 2.85. The van der Waals surface area contributed by atoms with Crippen molar-refractivity contribution in [3.8, 4) is 0 Å². The summed E-state index contributed by atoms with van der Waals surface area (Å²) in [4.78, 5) is 28.9. The summed E-state index contributed by atoms with van der Waals surface area (Å²) >= 11 is 3.34. The first-order valence-corrected chi connectivity index (χ1v) is 8.81. The van der Waals surface area contributed by atoms with E-state index in [-0.39, 0.29) is 18.9 Å². The van der Waals surface area contributed by atoms with Crippen molar-refractivity contribution < 1.29 is 14.3 Å². The molecule has 3 rings (SSSR count). The molecular weight excluding hydrogens is 386 g/mol. The molecule has 1 aliphatic heterocycles. The lowest BCUT2D eigenvalue weighted by molar-refractivity contribution is -0.141. The van der Waals surface area contributed by atoms with Gasteiger partial charge in [-0.15, -0.1) is 0 Å². The average molecular weight is 404 g/mol. The molecule has 1 aliphatic rings. The molecule has 1 saturated heterocycles. The normalized spacial score (nSPS) is 13.8. The van der Waals surface area contributed by atoms with Crippen LogP contribution in [0.2, 0.25) is 0 Å².